The summed E-state index contributed by atoms with van der Waals surface area (Å²) in [6.07, 6.45) is 0.883. The molecule has 0 bridgehead atoms. The van der Waals surface area contributed by atoms with Crippen molar-refractivity contribution in [2.45, 2.75) is 44.4 Å². The van der Waals surface area contributed by atoms with Gasteiger partial charge in [0.15, 0.2) is 5.78 Å². The van der Waals surface area contributed by atoms with Crippen molar-refractivity contribution in [1.82, 2.24) is 9.80 Å². The van der Waals surface area contributed by atoms with E-state index in [9.17, 15) is 29.3 Å². The summed E-state index contributed by atoms with van der Waals surface area (Å²) in [6, 6.07) is 2.98. The lowest BCUT2D eigenvalue weighted by Gasteiger charge is -2.47. The number of primary amides is 1. The molecular weight excluding hydrogens is 479 g/mol. The number of fused-ring (bicyclic) bond motifs is 3. The second kappa shape index (κ2) is 9.25. The first-order valence-corrected chi connectivity index (χ1v) is 12.7. The number of ketones is 1. The molecule has 1 unspecified atom stereocenters. The van der Waals surface area contributed by atoms with Crippen LogP contribution in [0.25, 0.3) is 5.76 Å². The topological polar surface area (TPSA) is 151 Å². The number of hydrogen-bond donors (Lipinski definition) is 5. The van der Waals surface area contributed by atoms with Crippen LogP contribution in [0.3, 0.4) is 0 Å². The number of Topliss-reactive ketones (excluding diaryl/α,β-unsaturated/α-hetero) is 1. The number of aliphatic hydroxyl groups is 2. The lowest BCUT2D eigenvalue weighted by atomic mass is 9.59. The monoisotopic (exact) mass is 512 g/mol. The Bertz CT molecular complexity index is 1250. The molecule has 10 heteroatoms. The van der Waals surface area contributed by atoms with Crippen molar-refractivity contribution in [3.8, 4) is 5.75 Å². The van der Waals surface area contributed by atoms with Crippen molar-refractivity contribution >= 4 is 23.2 Å². The van der Waals surface area contributed by atoms with Crippen LogP contribution in [0, 0.1) is 23.2 Å². The van der Waals surface area contributed by atoms with E-state index >= 15 is 0 Å². The van der Waals surface area contributed by atoms with Crippen LogP contribution in [0.4, 0.5) is 4.39 Å². The fourth-order valence-electron chi connectivity index (χ4n) is 6.77. The van der Waals surface area contributed by atoms with E-state index in [-0.39, 0.29) is 45.6 Å². The van der Waals surface area contributed by atoms with Crippen LogP contribution in [0.2, 0.25) is 0 Å². The van der Waals surface area contributed by atoms with Crippen LogP contribution in [0.15, 0.2) is 29.0 Å². The van der Waals surface area contributed by atoms with E-state index in [0.717, 1.165) is 0 Å². The van der Waals surface area contributed by atoms with Gasteiger partial charge in [0.05, 0.1) is 28.8 Å². The minimum Gasteiger partial charge on any atom is -0.510 e. The maximum atomic E-state index is 13.9. The summed E-state index contributed by atoms with van der Waals surface area (Å²) >= 11 is 0. The Morgan fingerprint density at radius 1 is 1.22 bits per heavy atom. The standard InChI is InChI=1S/C27H33FN4O5/c1-31(2)22-16-10-14-9-12-3-4-13(11-32-7-5-15(28)6-8-32)23(33)17(12)24(34)18(14)25(35)19(16)21(29)20(26(22)36)27(30)37/h3-4,14-16,19,22,29,33-34,36H,5-11H2,1-2H3,(H2,30,37)/t14-,16+,19?,22-/m0/s1. The van der Waals surface area contributed by atoms with E-state index in [1.807, 2.05) is 12.1 Å². The number of amides is 1. The summed E-state index contributed by atoms with van der Waals surface area (Å²) in [6.45, 7) is 1.55. The second-order valence-electron chi connectivity index (χ2n) is 10.9. The fraction of sp³-hybridized carbons (Fsp3) is 0.519. The number of likely N-dealkylation sites (tertiary alicyclic amines) is 1. The molecule has 0 spiro atoms. The molecule has 1 heterocycles. The molecule has 1 amide bonds. The highest BCUT2D eigenvalue weighted by Gasteiger charge is 2.54. The van der Waals surface area contributed by atoms with Gasteiger partial charge in [0.25, 0.3) is 5.91 Å². The minimum absolute atomic E-state index is 0.0986. The molecule has 198 valence electrons. The smallest absolute Gasteiger partial charge is 0.254 e. The van der Waals surface area contributed by atoms with Gasteiger partial charge in [-0.15, -0.1) is 0 Å². The maximum absolute atomic E-state index is 13.9. The van der Waals surface area contributed by atoms with Crippen LogP contribution in [0.5, 0.6) is 5.75 Å². The number of aliphatic hydroxyl groups excluding tert-OH is 2. The number of likely N-dealkylation sites (N-methyl/N-ethyl adjacent to an activating group) is 1. The molecule has 1 saturated heterocycles. The SMILES string of the molecule is CN(C)[C@@H]1C(O)=C(C(N)=O)C(=N)C2C(=O)C3=C(O)c4c(ccc(CN5CCC(F)CC5)c4O)C[C@H]3C[C@H]21. The first-order chi connectivity index (χ1) is 17.5. The van der Waals surface area contributed by atoms with E-state index in [1.165, 1.54) is 0 Å². The molecule has 4 aliphatic rings. The number of nitrogens with one attached hydrogen (secondary N) is 1. The van der Waals surface area contributed by atoms with Crippen molar-refractivity contribution in [3.63, 3.8) is 0 Å². The largest absolute Gasteiger partial charge is 0.510 e. The highest BCUT2D eigenvalue weighted by molar-refractivity contribution is 6.29. The Kier molecular flexibility index (Phi) is 6.35. The molecule has 9 nitrogen and oxygen atoms in total. The van der Waals surface area contributed by atoms with Crippen LogP contribution >= 0.6 is 0 Å². The summed E-state index contributed by atoms with van der Waals surface area (Å²) in [7, 11) is 3.45. The number of rotatable bonds is 4. The predicted molar refractivity (Wildman–Crippen MR) is 135 cm³/mol. The van der Waals surface area contributed by atoms with Gasteiger partial charge in [0, 0.05) is 30.8 Å². The molecule has 5 rings (SSSR count). The number of carbonyl (C=O) groups excluding carboxylic acids is 2. The first kappa shape index (κ1) is 25.4. The number of nitrogens with two attached hydrogens (primary N) is 1. The van der Waals surface area contributed by atoms with Gasteiger partial charge >= 0.3 is 0 Å². The van der Waals surface area contributed by atoms with Crippen LogP contribution < -0.4 is 5.73 Å². The Balaban J connectivity index is 1.54. The molecule has 4 atom stereocenters. The molecule has 3 aliphatic carbocycles. The number of benzene rings is 1. The van der Waals surface area contributed by atoms with E-state index < -0.39 is 35.7 Å². The quantitative estimate of drug-likeness (QED) is 0.415. The number of phenolic OH excluding ortho intramolecular Hbond substituents is 1. The van der Waals surface area contributed by atoms with Crippen molar-refractivity contribution in [2.24, 2.45) is 23.5 Å². The lowest BCUT2D eigenvalue weighted by Crippen LogP contribution is -2.55. The van der Waals surface area contributed by atoms with Gasteiger partial charge < -0.3 is 26.5 Å². The third-order valence-corrected chi connectivity index (χ3v) is 8.48. The number of carbonyl (C=O) groups is 2. The van der Waals surface area contributed by atoms with Crippen molar-refractivity contribution in [1.29, 1.82) is 5.41 Å². The number of piperidine rings is 1. The number of aromatic hydroxyl groups is 1. The number of halogens is 1. The summed E-state index contributed by atoms with van der Waals surface area (Å²) in [5, 5.41) is 42.0. The normalized spacial score (nSPS) is 28.9. The lowest BCUT2D eigenvalue weighted by molar-refractivity contribution is -0.122. The molecule has 0 aromatic heterocycles. The highest BCUT2D eigenvalue weighted by atomic mass is 19.1. The predicted octanol–water partition coefficient (Wildman–Crippen LogP) is 2.23. The van der Waals surface area contributed by atoms with E-state index in [0.29, 0.717) is 56.4 Å². The summed E-state index contributed by atoms with van der Waals surface area (Å²) in [5.41, 5.74) is 6.45. The fourth-order valence-corrected chi connectivity index (χ4v) is 6.77. The molecule has 1 aliphatic heterocycles. The van der Waals surface area contributed by atoms with Crippen molar-refractivity contribution in [3.05, 3.63) is 45.7 Å². The number of hydrogen-bond acceptors (Lipinski definition) is 8. The Morgan fingerprint density at radius 2 is 1.89 bits per heavy atom. The number of alkyl halides is 1. The average molecular weight is 513 g/mol. The van der Waals surface area contributed by atoms with Gasteiger partial charge in [-0.1, -0.05) is 12.1 Å². The summed E-state index contributed by atoms with van der Waals surface area (Å²) < 4.78 is 13.5. The van der Waals surface area contributed by atoms with E-state index in [2.05, 4.69) is 4.90 Å². The molecule has 0 radical (unpaired) electrons. The van der Waals surface area contributed by atoms with Crippen LogP contribution in [-0.2, 0) is 22.6 Å². The third kappa shape index (κ3) is 4.02. The van der Waals surface area contributed by atoms with Gasteiger partial charge in [0.1, 0.15) is 23.4 Å². The molecule has 1 aromatic carbocycles. The van der Waals surface area contributed by atoms with Crippen LogP contribution in [-0.4, -0.2) is 81.9 Å². The average Bonchev–Trinajstić information content (AvgIpc) is 2.81. The summed E-state index contributed by atoms with van der Waals surface area (Å²) in [4.78, 5) is 29.7. The van der Waals surface area contributed by atoms with Gasteiger partial charge in [-0.05, 0) is 57.2 Å². The Labute approximate surface area is 214 Å². The second-order valence-corrected chi connectivity index (χ2v) is 10.9. The number of allylic oxidation sites excluding steroid dienone is 1. The van der Waals surface area contributed by atoms with Gasteiger partial charge in [-0.2, -0.15) is 0 Å². The first-order valence-electron chi connectivity index (χ1n) is 12.7. The van der Waals surface area contributed by atoms with E-state index in [4.69, 9.17) is 11.1 Å². The number of nitrogens with zero attached hydrogens (tertiary/aromatic N) is 2. The zero-order valence-corrected chi connectivity index (χ0v) is 21.0. The van der Waals surface area contributed by atoms with Crippen molar-refractivity contribution < 1.29 is 29.3 Å². The summed E-state index contributed by atoms with van der Waals surface area (Å²) in [5.74, 6) is -4.06. The third-order valence-electron chi connectivity index (χ3n) is 8.48. The van der Waals surface area contributed by atoms with E-state index in [1.54, 1.807) is 19.0 Å². The molecule has 37 heavy (non-hydrogen) atoms. The minimum atomic E-state index is -1.05. The maximum Gasteiger partial charge on any atom is 0.254 e. The zero-order chi connectivity index (χ0) is 26.8. The molecule has 1 aromatic rings. The highest BCUT2D eigenvalue weighted by Crippen LogP contribution is 2.50. The molecule has 2 fully saturated rings. The van der Waals surface area contributed by atoms with Gasteiger partial charge in [-0.25, -0.2) is 4.39 Å². The molecule has 6 N–H and O–H groups in total. The zero-order valence-electron chi connectivity index (χ0n) is 21.0. The Morgan fingerprint density at radius 3 is 2.51 bits per heavy atom. The number of phenols is 1. The van der Waals surface area contributed by atoms with Crippen molar-refractivity contribution in [2.75, 3.05) is 27.2 Å². The molecule has 1 saturated carbocycles. The van der Waals surface area contributed by atoms with Gasteiger partial charge in [0.2, 0.25) is 0 Å². The Hall–Kier alpha value is -3.24. The van der Waals surface area contributed by atoms with Crippen LogP contribution in [0.1, 0.15) is 36.0 Å². The molecular formula is C27H33FN4O5. The van der Waals surface area contributed by atoms with Gasteiger partial charge in [-0.3, -0.25) is 19.4 Å².